The summed E-state index contributed by atoms with van der Waals surface area (Å²) in [6.07, 6.45) is 0. The summed E-state index contributed by atoms with van der Waals surface area (Å²) in [6.45, 7) is 2.05. The summed E-state index contributed by atoms with van der Waals surface area (Å²) < 4.78 is 14.9. The van der Waals surface area contributed by atoms with Crippen LogP contribution in [0.1, 0.15) is 15.2 Å². The van der Waals surface area contributed by atoms with Crippen molar-refractivity contribution in [3.63, 3.8) is 0 Å². The van der Waals surface area contributed by atoms with Crippen LogP contribution in [-0.4, -0.2) is 53.6 Å². The second kappa shape index (κ2) is 8.46. The van der Waals surface area contributed by atoms with E-state index in [1.807, 2.05) is 11.0 Å². The number of thiophene rings is 1. The molecule has 21 heavy (non-hydrogen) atoms. The molecule has 2 N–H and O–H groups in total. The smallest absolute Gasteiger partial charge is 0.343 e. The van der Waals surface area contributed by atoms with Crippen molar-refractivity contribution in [2.45, 2.75) is 0 Å². The third-order valence-electron chi connectivity index (χ3n) is 2.84. The molecule has 0 unspecified atom stereocenters. The second-order valence-corrected chi connectivity index (χ2v) is 5.10. The zero-order chi connectivity index (χ0) is 15.8. The predicted molar refractivity (Wildman–Crippen MR) is 80.8 cm³/mol. The number of nitriles is 1. The minimum atomic E-state index is -0.555. The molecule has 0 aromatic carbocycles. The van der Waals surface area contributed by atoms with Crippen molar-refractivity contribution in [2.24, 2.45) is 0 Å². The van der Waals surface area contributed by atoms with Crippen molar-refractivity contribution >= 4 is 28.0 Å². The molecule has 0 aliphatic heterocycles. The largest absolute Gasteiger partial charge is 0.465 e. The van der Waals surface area contributed by atoms with Gasteiger partial charge in [0.15, 0.2) is 0 Å². The van der Waals surface area contributed by atoms with Gasteiger partial charge in [0.1, 0.15) is 21.5 Å². The number of nitrogens with zero attached hydrogens (tertiary/aromatic N) is 2. The highest BCUT2D eigenvalue weighted by Gasteiger charge is 2.26. The van der Waals surface area contributed by atoms with Crippen LogP contribution in [0.2, 0.25) is 0 Å². The van der Waals surface area contributed by atoms with E-state index in [-0.39, 0.29) is 11.3 Å². The third-order valence-corrected chi connectivity index (χ3v) is 4.01. The molecule has 0 spiro atoms. The van der Waals surface area contributed by atoms with Gasteiger partial charge < -0.3 is 24.8 Å². The lowest BCUT2D eigenvalue weighted by Crippen LogP contribution is -2.31. The monoisotopic (exact) mass is 313 g/mol. The first-order valence-electron chi connectivity index (χ1n) is 6.24. The van der Waals surface area contributed by atoms with E-state index in [0.29, 0.717) is 36.2 Å². The van der Waals surface area contributed by atoms with E-state index < -0.39 is 5.97 Å². The van der Waals surface area contributed by atoms with Crippen molar-refractivity contribution < 1.29 is 19.0 Å². The summed E-state index contributed by atoms with van der Waals surface area (Å²) in [6, 6.07) is 2.00. The maximum Gasteiger partial charge on any atom is 0.343 e. The van der Waals surface area contributed by atoms with Gasteiger partial charge in [-0.25, -0.2) is 4.79 Å². The number of hydrogen-bond donors (Lipinski definition) is 1. The number of ether oxygens (including phenoxy) is 3. The van der Waals surface area contributed by atoms with Crippen molar-refractivity contribution in [1.82, 2.24) is 0 Å². The van der Waals surface area contributed by atoms with E-state index >= 15 is 0 Å². The molecule has 0 radical (unpaired) electrons. The summed E-state index contributed by atoms with van der Waals surface area (Å²) in [5.41, 5.74) is 6.27. The Balaban J connectivity index is 3.21. The Labute approximate surface area is 127 Å². The Morgan fingerprint density at radius 3 is 2.29 bits per heavy atom. The highest BCUT2D eigenvalue weighted by atomic mass is 32.1. The van der Waals surface area contributed by atoms with E-state index in [2.05, 4.69) is 0 Å². The van der Waals surface area contributed by atoms with Crippen LogP contribution < -0.4 is 10.6 Å². The maximum absolute atomic E-state index is 11.9. The first-order chi connectivity index (χ1) is 10.1. The van der Waals surface area contributed by atoms with E-state index in [4.69, 9.17) is 25.2 Å². The van der Waals surface area contributed by atoms with Crippen LogP contribution in [-0.2, 0) is 14.2 Å². The quantitative estimate of drug-likeness (QED) is 0.717. The normalized spacial score (nSPS) is 10.2. The molecule has 7 nitrogen and oxygen atoms in total. The molecular weight excluding hydrogens is 294 g/mol. The van der Waals surface area contributed by atoms with Crippen molar-refractivity contribution in [1.29, 1.82) is 5.26 Å². The van der Waals surface area contributed by atoms with Gasteiger partial charge in [0.25, 0.3) is 0 Å². The van der Waals surface area contributed by atoms with E-state index in [1.165, 1.54) is 18.4 Å². The number of carbonyl (C=O) groups excluding carboxylic acids is 1. The fourth-order valence-electron chi connectivity index (χ4n) is 1.75. The Bertz CT molecular complexity index is 516. The summed E-state index contributed by atoms with van der Waals surface area (Å²) in [7, 11) is 4.47. The van der Waals surface area contributed by atoms with Gasteiger partial charge in [-0.1, -0.05) is 0 Å². The fraction of sp³-hybridized carbons (Fsp3) is 0.538. The fourth-order valence-corrected chi connectivity index (χ4v) is 2.81. The van der Waals surface area contributed by atoms with Crippen molar-refractivity contribution in [3.05, 3.63) is 10.4 Å². The second-order valence-electron chi connectivity index (χ2n) is 4.10. The van der Waals surface area contributed by atoms with Crippen LogP contribution in [0.3, 0.4) is 0 Å². The molecule has 1 rings (SSSR count). The molecule has 0 saturated heterocycles. The Morgan fingerprint density at radius 1 is 1.29 bits per heavy atom. The SMILES string of the molecule is COCCN(CCOC)c1sc(C#N)c(N)c1C(=O)OC. The maximum atomic E-state index is 11.9. The number of rotatable bonds is 8. The molecule has 0 atom stereocenters. The minimum Gasteiger partial charge on any atom is -0.465 e. The van der Waals surface area contributed by atoms with E-state index in [1.54, 1.807) is 14.2 Å². The number of nitrogens with two attached hydrogens (primary N) is 1. The molecule has 1 heterocycles. The molecule has 0 amide bonds. The van der Waals surface area contributed by atoms with Gasteiger partial charge in [-0.2, -0.15) is 5.26 Å². The predicted octanol–water partition coefficient (Wildman–Crippen LogP) is 1.09. The van der Waals surface area contributed by atoms with E-state index in [9.17, 15) is 4.79 Å². The van der Waals surface area contributed by atoms with Gasteiger partial charge in [0, 0.05) is 27.3 Å². The van der Waals surface area contributed by atoms with Gasteiger partial charge in [-0.15, -0.1) is 11.3 Å². The van der Waals surface area contributed by atoms with Crippen LogP contribution in [0.25, 0.3) is 0 Å². The Morgan fingerprint density at radius 2 is 1.86 bits per heavy atom. The average molecular weight is 313 g/mol. The van der Waals surface area contributed by atoms with Gasteiger partial charge in [0.2, 0.25) is 0 Å². The van der Waals surface area contributed by atoms with Crippen LogP contribution in [0.15, 0.2) is 0 Å². The van der Waals surface area contributed by atoms with E-state index in [0.717, 1.165) is 0 Å². The third kappa shape index (κ3) is 4.07. The highest BCUT2D eigenvalue weighted by molar-refractivity contribution is 7.17. The molecule has 0 aliphatic carbocycles. The molecule has 1 aromatic heterocycles. The molecule has 8 heteroatoms. The Hall–Kier alpha value is -1.82. The first kappa shape index (κ1) is 17.2. The summed E-state index contributed by atoms with van der Waals surface area (Å²) in [4.78, 5) is 14.1. The minimum absolute atomic E-state index is 0.157. The lowest BCUT2D eigenvalue weighted by Gasteiger charge is -2.23. The van der Waals surface area contributed by atoms with Gasteiger partial charge in [-0.3, -0.25) is 0 Å². The van der Waals surface area contributed by atoms with Gasteiger partial charge >= 0.3 is 5.97 Å². The lowest BCUT2D eigenvalue weighted by molar-refractivity contribution is 0.0603. The van der Waals surface area contributed by atoms with Gasteiger partial charge in [0.05, 0.1) is 26.0 Å². The zero-order valence-corrected chi connectivity index (χ0v) is 13.2. The summed E-state index contributed by atoms with van der Waals surface area (Å²) >= 11 is 1.17. The number of esters is 1. The van der Waals surface area contributed by atoms with Gasteiger partial charge in [-0.05, 0) is 0 Å². The Kier molecular flexibility index (Phi) is 6.94. The summed E-state index contributed by atoms with van der Waals surface area (Å²) in [5, 5.41) is 9.71. The van der Waals surface area contributed by atoms with Crippen LogP contribution in [0, 0.1) is 11.3 Å². The number of hydrogen-bond acceptors (Lipinski definition) is 8. The lowest BCUT2D eigenvalue weighted by atomic mass is 10.2. The average Bonchev–Trinajstić information content (AvgIpc) is 2.83. The number of nitrogen functional groups attached to an aromatic ring is 1. The van der Waals surface area contributed by atoms with Crippen molar-refractivity contribution in [2.75, 3.05) is 58.3 Å². The molecule has 0 aliphatic rings. The molecular formula is C13H19N3O4S. The molecule has 0 fully saturated rings. The molecule has 116 valence electrons. The van der Waals surface area contributed by atoms with Crippen molar-refractivity contribution in [3.8, 4) is 6.07 Å². The molecule has 0 saturated carbocycles. The van der Waals surface area contributed by atoms with Crippen LogP contribution in [0.4, 0.5) is 10.7 Å². The molecule has 0 bridgehead atoms. The number of methoxy groups -OCH3 is 3. The zero-order valence-electron chi connectivity index (χ0n) is 12.3. The molecule has 1 aromatic rings. The first-order valence-corrected chi connectivity index (χ1v) is 7.05. The van der Waals surface area contributed by atoms with Crippen LogP contribution >= 0.6 is 11.3 Å². The summed E-state index contributed by atoms with van der Waals surface area (Å²) in [5.74, 6) is -0.555. The number of carbonyl (C=O) groups is 1. The van der Waals surface area contributed by atoms with Crippen LogP contribution in [0.5, 0.6) is 0 Å². The topological polar surface area (TPSA) is 97.8 Å². The number of anilines is 2. The standard InChI is InChI=1S/C13H19N3O4S/c1-18-6-4-16(5-7-19-2)12-10(13(17)20-3)11(15)9(8-14)21-12/h4-7,15H2,1-3H3. The highest BCUT2D eigenvalue weighted by Crippen LogP contribution is 2.38.